The first-order chi connectivity index (χ1) is 12.0. The molecule has 1 aliphatic carbocycles. The molecule has 25 heavy (non-hydrogen) atoms. The van der Waals surface area contributed by atoms with Crippen LogP contribution in [0.5, 0.6) is 0 Å². The number of nitrogens with one attached hydrogen (secondary N) is 1. The van der Waals surface area contributed by atoms with Crippen LogP contribution < -0.4 is 4.72 Å². The smallest absolute Gasteiger partial charge is 0.240 e. The lowest BCUT2D eigenvalue weighted by Gasteiger charge is -2.04. The van der Waals surface area contributed by atoms with Gasteiger partial charge in [0.15, 0.2) is 0 Å². The fourth-order valence-electron chi connectivity index (χ4n) is 2.84. The van der Waals surface area contributed by atoms with Crippen LogP contribution in [-0.2, 0) is 10.0 Å². The maximum absolute atomic E-state index is 13.0. The van der Waals surface area contributed by atoms with Gasteiger partial charge < -0.3 is 0 Å². The predicted molar refractivity (Wildman–Crippen MR) is 91.4 cm³/mol. The molecule has 5 nitrogen and oxygen atoms in total. The summed E-state index contributed by atoms with van der Waals surface area (Å²) in [7, 11) is -3.64. The summed E-state index contributed by atoms with van der Waals surface area (Å²) in [4.78, 5) is 0.126. The molecule has 1 fully saturated rings. The van der Waals surface area contributed by atoms with E-state index in [2.05, 4.69) is 9.82 Å². The molecule has 0 aliphatic heterocycles. The highest BCUT2D eigenvalue weighted by molar-refractivity contribution is 7.89. The Hall–Kier alpha value is -2.51. The van der Waals surface area contributed by atoms with E-state index in [0.717, 1.165) is 11.3 Å². The van der Waals surface area contributed by atoms with Gasteiger partial charge in [0, 0.05) is 12.0 Å². The molecule has 1 aliphatic rings. The van der Waals surface area contributed by atoms with Crippen molar-refractivity contribution in [2.24, 2.45) is 0 Å². The Bertz CT molecular complexity index is 985. The standard InChI is InChI=1S/C18H16FN3O2S/c19-14-8-6-13(7-9-14)17-10-18(17)21-25(23,24)16-11-20-22(12-16)15-4-2-1-3-5-15/h1-9,11-12,17-18,21H,10H2/t17-,18-/m0/s1. The number of rotatable bonds is 5. The Kier molecular flexibility index (Phi) is 3.89. The zero-order chi connectivity index (χ0) is 17.4. The molecule has 1 aromatic heterocycles. The molecule has 2 aromatic carbocycles. The molecule has 1 saturated carbocycles. The van der Waals surface area contributed by atoms with Crippen molar-refractivity contribution in [3.05, 3.63) is 78.4 Å². The first-order valence-corrected chi connectivity index (χ1v) is 9.39. The third-order valence-corrected chi connectivity index (χ3v) is 5.73. The second-order valence-electron chi connectivity index (χ2n) is 6.08. The first kappa shape index (κ1) is 16.0. The molecule has 2 atom stereocenters. The van der Waals surface area contributed by atoms with E-state index in [1.165, 1.54) is 29.2 Å². The molecule has 0 saturated heterocycles. The number of halogens is 1. The Morgan fingerprint density at radius 1 is 1.08 bits per heavy atom. The van der Waals surface area contributed by atoms with Gasteiger partial charge in [-0.3, -0.25) is 0 Å². The Morgan fingerprint density at radius 3 is 2.52 bits per heavy atom. The Balaban J connectivity index is 1.48. The van der Waals surface area contributed by atoms with Crippen LogP contribution in [0.15, 0.2) is 71.9 Å². The summed E-state index contributed by atoms with van der Waals surface area (Å²) in [6, 6.07) is 15.3. The van der Waals surface area contributed by atoms with Gasteiger partial charge in [-0.15, -0.1) is 0 Å². The third-order valence-electron chi connectivity index (χ3n) is 4.29. The minimum atomic E-state index is -3.64. The normalized spacial score (nSPS) is 19.7. The zero-order valence-electron chi connectivity index (χ0n) is 13.2. The lowest BCUT2D eigenvalue weighted by molar-refractivity contribution is 0.580. The van der Waals surface area contributed by atoms with Gasteiger partial charge in [0.1, 0.15) is 10.7 Å². The van der Waals surface area contributed by atoms with Crippen LogP contribution in [0, 0.1) is 5.82 Å². The molecule has 3 aromatic rings. The van der Waals surface area contributed by atoms with E-state index in [1.807, 2.05) is 30.3 Å². The second-order valence-corrected chi connectivity index (χ2v) is 7.79. The van der Waals surface area contributed by atoms with Crippen LogP contribution in [0.3, 0.4) is 0 Å². The average Bonchev–Trinajstić information content (AvgIpc) is 3.17. The molecular formula is C18H16FN3O2S. The van der Waals surface area contributed by atoms with Crippen molar-refractivity contribution in [2.45, 2.75) is 23.3 Å². The lowest BCUT2D eigenvalue weighted by atomic mass is 10.1. The molecule has 0 amide bonds. The summed E-state index contributed by atoms with van der Waals surface area (Å²) in [5.74, 6) is -0.214. The summed E-state index contributed by atoms with van der Waals surface area (Å²) in [6.07, 6.45) is 3.54. The van der Waals surface area contributed by atoms with E-state index < -0.39 is 10.0 Å². The average molecular weight is 357 g/mol. The lowest BCUT2D eigenvalue weighted by Crippen LogP contribution is -2.26. The number of aromatic nitrogens is 2. The van der Waals surface area contributed by atoms with Crippen LogP contribution in [-0.4, -0.2) is 24.2 Å². The first-order valence-electron chi connectivity index (χ1n) is 7.91. The van der Waals surface area contributed by atoms with Crippen LogP contribution in [0.4, 0.5) is 4.39 Å². The summed E-state index contributed by atoms with van der Waals surface area (Å²) in [5, 5.41) is 4.12. The van der Waals surface area contributed by atoms with Crippen molar-refractivity contribution in [1.29, 1.82) is 0 Å². The Morgan fingerprint density at radius 2 is 1.80 bits per heavy atom. The zero-order valence-corrected chi connectivity index (χ0v) is 14.0. The van der Waals surface area contributed by atoms with Gasteiger partial charge in [-0.1, -0.05) is 30.3 Å². The fraction of sp³-hybridized carbons (Fsp3) is 0.167. The van der Waals surface area contributed by atoms with Gasteiger partial charge in [-0.2, -0.15) is 5.10 Å². The number of benzene rings is 2. The monoisotopic (exact) mass is 357 g/mol. The van der Waals surface area contributed by atoms with Gasteiger partial charge in [-0.05, 0) is 36.2 Å². The maximum atomic E-state index is 13.0. The van der Waals surface area contributed by atoms with E-state index in [4.69, 9.17) is 0 Å². The summed E-state index contributed by atoms with van der Waals surface area (Å²) in [5.41, 5.74) is 1.73. The molecule has 1 N–H and O–H groups in total. The van der Waals surface area contributed by atoms with Crippen molar-refractivity contribution in [3.63, 3.8) is 0 Å². The molecule has 0 radical (unpaired) electrons. The molecule has 0 spiro atoms. The van der Waals surface area contributed by atoms with Crippen molar-refractivity contribution in [2.75, 3.05) is 0 Å². The van der Waals surface area contributed by atoms with Gasteiger partial charge in [0.25, 0.3) is 0 Å². The number of nitrogens with zero attached hydrogens (tertiary/aromatic N) is 2. The summed E-state index contributed by atoms with van der Waals surface area (Å²) in [6.45, 7) is 0. The number of sulfonamides is 1. The molecule has 0 bridgehead atoms. The van der Waals surface area contributed by atoms with E-state index in [0.29, 0.717) is 6.42 Å². The minimum absolute atomic E-state index is 0.0829. The highest BCUT2D eigenvalue weighted by Crippen LogP contribution is 2.41. The molecular weight excluding hydrogens is 341 g/mol. The van der Waals surface area contributed by atoms with Gasteiger partial charge in [0.2, 0.25) is 10.0 Å². The highest BCUT2D eigenvalue weighted by Gasteiger charge is 2.41. The van der Waals surface area contributed by atoms with Gasteiger partial charge in [0.05, 0.1) is 18.1 Å². The quantitative estimate of drug-likeness (QED) is 0.764. The largest absolute Gasteiger partial charge is 0.243 e. The van der Waals surface area contributed by atoms with Crippen molar-refractivity contribution >= 4 is 10.0 Å². The van der Waals surface area contributed by atoms with Crippen LogP contribution in [0.1, 0.15) is 17.9 Å². The number of hydrogen-bond acceptors (Lipinski definition) is 3. The predicted octanol–water partition coefficient (Wildman–Crippen LogP) is 2.85. The fourth-order valence-corrected chi connectivity index (χ4v) is 4.06. The van der Waals surface area contributed by atoms with E-state index in [-0.39, 0.29) is 22.7 Å². The third kappa shape index (κ3) is 3.33. The van der Waals surface area contributed by atoms with E-state index in [9.17, 15) is 12.8 Å². The van der Waals surface area contributed by atoms with Crippen LogP contribution >= 0.6 is 0 Å². The second kappa shape index (κ2) is 6.09. The van der Waals surface area contributed by atoms with E-state index in [1.54, 1.807) is 12.1 Å². The molecule has 0 unspecified atom stereocenters. The topological polar surface area (TPSA) is 64.0 Å². The Labute approximate surface area is 145 Å². The van der Waals surface area contributed by atoms with Gasteiger partial charge >= 0.3 is 0 Å². The molecule has 7 heteroatoms. The molecule has 128 valence electrons. The SMILES string of the molecule is O=S(=O)(N[C@H]1C[C@H]1c1ccc(F)cc1)c1cnn(-c2ccccc2)c1. The molecule has 4 rings (SSSR count). The van der Waals surface area contributed by atoms with Crippen molar-refractivity contribution in [1.82, 2.24) is 14.5 Å². The van der Waals surface area contributed by atoms with Crippen LogP contribution in [0.25, 0.3) is 5.69 Å². The minimum Gasteiger partial charge on any atom is -0.240 e. The van der Waals surface area contributed by atoms with Crippen molar-refractivity contribution in [3.8, 4) is 5.69 Å². The maximum Gasteiger partial charge on any atom is 0.243 e. The van der Waals surface area contributed by atoms with Crippen molar-refractivity contribution < 1.29 is 12.8 Å². The number of para-hydroxylation sites is 1. The molecule has 1 heterocycles. The van der Waals surface area contributed by atoms with E-state index >= 15 is 0 Å². The summed E-state index contributed by atoms with van der Waals surface area (Å²) < 4.78 is 42.3. The number of hydrogen-bond donors (Lipinski definition) is 1. The van der Waals surface area contributed by atoms with Crippen LogP contribution in [0.2, 0.25) is 0 Å². The van der Waals surface area contributed by atoms with Gasteiger partial charge in [-0.25, -0.2) is 22.2 Å². The highest BCUT2D eigenvalue weighted by atomic mass is 32.2. The summed E-state index contributed by atoms with van der Waals surface area (Å²) >= 11 is 0.